The van der Waals surface area contributed by atoms with Crippen LogP contribution in [0.15, 0.2) is 18.2 Å². The molecule has 1 N–H and O–H groups in total. The molecule has 1 saturated heterocycles. The molecule has 3 nitrogen and oxygen atoms in total. The Bertz CT molecular complexity index is 479. The Morgan fingerprint density at radius 2 is 2.05 bits per heavy atom. The van der Waals surface area contributed by atoms with E-state index < -0.39 is 0 Å². The minimum atomic E-state index is 0.612. The van der Waals surface area contributed by atoms with Crippen molar-refractivity contribution in [1.82, 2.24) is 10.3 Å². The third kappa shape index (κ3) is 3.97. The molecule has 3 rings (SSSR count). The second-order valence-electron chi connectivity index (χ2n) is 5.41. The van der Waals surface area contributed by atoms with Crippen molar-refractivity contribution in [2.24, 2.45) is 11.8 Å². The highest BCUT2D eigenvalue weighted by molar-refractivity contribution is 5.31. The third-order valence-electron chi connectivity index (χ3n) is 3.63. The normalized spacial score (nSPS) is 19.6. The molecule has 1 aromatic rings. The van der Waals surface area contributed by atoms with Crippen molar-refractivity contribution in [3.05, 3.63) is 23.9 Å². The average molecular weight is 256 g/mol. The average Bonchev–Trinajstić information content (AvgIpc) is 3.29. The molecule has 0 radical (unpaired) electrons. The summed E-state index contributed by atoms with van der Waals surface area (Å²) in [6.07, 6.45) is 4.89. The van der Waals surface area contributed by atoms with E-state index in [1.807, 2.05) is 18.2 Å². The van der Waals surface area contributed by atoms with Gasteiger partial charge in [0.25, 0.3) is 0 Å². The second kappa shape index (κ2) is 6.08. The van der Waals surface area contributed by atoms with Crippen molar-refractivity contribution < 1.29 is 4.74 Å². The van der Waals surface area contributed by atoms with Crippen molar-refractivity contribution >= 4 is 0 Å². The maximum Gasteiger partial charge on any atom is 0.214 e. The van der Waals surface area contributed by atoms with Crippen LogP contribution in [0, 0.1) is 23.7 Å². The summed E-state index contributed by atoms with van der Waals surface area (Å²) >= 11 is 0. The van der Waals surface area contributed by atoms with Gasteiger partial charge in [-0.1, -0.05) is 12.0 Å². The monoisotopic (exact) mass is 256 g/mol. The Hall–Kier alpha value is -1.53. The summed E-state index contributed by atoms with van der Waals surface area (Å²) in [6, 6.07) is 5.85. The van der Waals surface area contributed by atoms with Crippen molar-refractivity contribution in [1.29, 1.82) is 0 Å². The summed E-state index contributed by atoms with van der Waals surface area (Å²) in [6.45, 7) is 2.98. The van der Waals surface area contributed by atoms with Crippen molar-refractivity contribution in [3.8, 4) is 17.7 Å². The van der Waals surface area contributed by atoms with Crippen LogP contribution in [-0.2, 0) is 0 Å². The van der Waals surface area contributed by atoms with Crippen LogP contribution in [0.2, 0.25) is 0 Å². The van der Waals surface area contributed by atoms with Gasteiger partial charge in [0.15, 0.2) is 0 Å². The molecule has 0 unspecified atom stereocenters. The molecule has 100 valence electrons. The summed E-state index contributed by atoms with van der Waals surface area (Å²) in [5, 5.41) is 3.37. The molecule has 0 amide bonds. The number of hydrogen-bond donors (Lipinski definition) is 1. The van der Waals surface area contributed by atoms with Crippen LogP contribution in [0.25, 0.3) is 0 Å². The Morgan fingerprint density at radius 3 is 2.84 bits per heavy atom. The number of pyridine rings is 1. The zero-order valence-electron chi connectivity index (χ0n) is 11.2. The minimum Gasteiger partial charge on any atom is -0.477 e. The molecule has 0 atom stereocenters. The van der Waals surface area contributed by atoms with E-state index >= 15 is 0 Å². The molecule has 1 aromatic heterocycles. The van der Waals surface area contributed by atoms with Crippen LogP contribution < -0.4 is 10.1 Å². The Labute approximate surface area is 114 Å². The number of nitrogens with one attached hydrogen (secondary N) is 1. The molecule has 2 heterocycles. The van der Waals surface area contributed by atoms with Crippen LogP contribution in [0.1, 0.15) is 31.4 Å². The van der Waals surface area contributed by atoms with E-state index in [2.05, 4.69) is 22.1 Å². The lowest BCUT2D eigenvalue weighted by Gasteiger charge is -2.22. The molecule has 1 aliphatic heterocycles. The molecule has 1 aliphatic carbocycles. The smallest absolute Gasteiger partial charge is 0.214 e. The minimum absolute atomic E-state index is 0.612. The number of piperidine rings is 1. The summed E-state index contributed by atoms with van der Waals surface area (Å²) < 4.78 is 5.80. The van der Waals surface area contributed by atoms with Crippen molar-refractivity contribution in [2.45, 2.75) is 25.7 Å². The Balaban J connectivity index is 1.55. The number of ether oxygens (including phenoxy) is 1. The van der Waals surface area contributed by atoms with E-state index in [1.54, 1.807) is 0 Å². The van der Waals surface area contributed by atoms with Crippen LogP contribution in [-0.4, -0.2) is 24.7 Å². The highest BCUT2D eigenvalue weighted by Gasteiger charge is 2.17. The fraction of sp³-hybridized carbons (Fsp3) is 0.562. The summed E-state index contributed by atoms with van der Waals surface area (Å²) in [7, 11) is 0. The van der Waals surface area contributed by atoms with E-state index in [9.17, 15) is 0 Å². The second-order valence-corrected chi connectivity index (χ2v) is 5.41. The number of rotatable bonds is 3. The number of hydrogen-bond acceptors (Lipinski definition) is 3. The lowest BCUT2D eigenvalue weighted by atomic mass is 9.99. The van der Waals surface area contributed by atoms with Crippen molar-refractivity contribution in [2.75, 3.05) is 19.7 Å². The fourth-order valence-electron chi connectivity index (χ4n) is 2.22. The van der Waals surface area contributed by atoms with Crippen molar-refractivity contribution in [3.63, 3.8) is 0 Å². The van der Waals surface area contributed by atoms with Gasteiger partial charge in [-0.25, -0.2) is 4.98 Å². The van der Waals surface area contributed by atoms with Gasteiger partial charge < -0.3 is 10.1 Å². The van der Waals surface area contributed by atoms with E-state index in [0.29, 0.717) is 17.7 Å². The summed E-state index contributed by atoms with van der Waals surface area (Å²) in [5.74, 6) is 8.34. The van der Waals surface area contributed by atoms with Gasteiger partial charge in [-0.2, -0.15) is 0 Å². The molecular weight excluding hydrogens is 236 g/mol. The first kappa shape index (κ1) is 12.5. The molecular formula is C16H20N2O. The van der Waals surface area contributed by atoms with Gasteiger partial charge in [0.1, 0.15) is 5.69 Å². The Kier molecular flexibility index (Phi) is 4.00. The molecule has 1 saturated carbocycles. The maximum atomic E-state index is 5.80. The van der Waals surface area contributed by atoms with Crippen LogP contribution >= 0.6 is 0 Å². The summed E-state index contributed by atoms with van der Waals surface area (Å²) in [4.78, 5) is 4.45. The van der Waals surface area contributed by atoms with E-state index in [-0.39, 0.29) is 0 Å². The number of aromatic nitrogens is 1. The zero-order valence-corrected chi connectivity index (χ0v) is 11.2. The van der Waals surface area contributed by atoms with E-state index in [0.717, 1.165) is 25.4 Å². The number of nitrogens with zero attached hydrogens (tertiary/aromatic N) is 1. The van der Waals surface area contributed by atoms with Gasteiger partial charge >= 0.3 is 0 Å². The predicted octanol–water partition coefficient (Wildman–Crippen LogP) is 2.22. The highest BCUT2D eigenvalue weighted by atomic mass is 16.5. The SMILES string of the molecule is C(#CC1CC1)c1cccc(OCC2CCNCC2)n1. The predicted molar refractivity (Wildman–Crippen MR) is 74.9 cm³/mol. The largest absolute Gasteiger partial charge is 0.477 e. The van der Waals surface area contributed by atoms with Gasteiger partial charge in [-0.05, 0) is 56.7 Å². The molecule has 0 bridgehead atoms. The molecule has 2 aliphatic rings. The van der Waals surface area contributed by atoms with Crippen LogP contribution in [0.5, 0.6) is 5.88 Å². The molecule has 3 heteroatoms. The molecule has 0 spiro atoms. The van der Waals surface area contributed by atoms with Gasteiger partial charge in [0, 0.05) is 12.0 Å². The van der Waals surface area contributed by atoms with Gasteiger partial charge in [0.2, 0.25) is 5.88 Å². The van der Waals surface area contributed by atoms with E-state index in [4.69, 9.17) is 4.74 Å². The first-order valence-corrected chi connectivity index (χ1v) is 7.22. The molecule has 2 fully saturated rings. The Morgan fingerprint density at radius 1 is 1.21 bits per heavy atom. The van der Waals surface area contributed by atoms with Crippen LogP contribution in [0.4, 0.5) is 0 Å². The maximum absolute atomic E-state index is 5.80. The highest BCUT2D eigenvalue weighted by Crippen LogP contribution is 2.27. The molecule has 19 heavy (non-hydrogen) atoms. The van der Waals surface area contributed by atoms with E-state index in [1.165, 1.54) is 25.7 Å². The first-order valence-electron chi connectivity index (χ1n) is 7.22. The van der Waals surface area contributed by atoms with Gasteiger partial charge in [-0.3, -0.25) is 0 Å². The lowest BCUT2D eigenvalue weighted by molar-refractivity contribution is 0.209. The zero-order chi connectivity index (χ0) is 12.9. The third-order valence-corrected chi connectivity index (χ3v) is 3.63. The van der Waals surface area contributed by atoms with Gasteiger partial charge in [0.05, 0.1) is 6.61 Å². The molecule has 0 aromatic carbocycles. The lowest BCUT2D eigenvalue weighted by Crippen LogP contribution is -2.30. The van der Waals surface area contributed by atoms with Crippen LogP contribution in [0.3, 0.4) is 0 Å². The standard InChI is InChI=1S/C16H20N2O/c1-2-15(7-6-13-4-5-13)18-16(3-1)19-12-14-8-10-17-11-9-14/h1-3,13-14,17H,4-5,8-12H2. The van der Waals surface area contributed by atoms with Gasteiger partial charge in [-0.15, -0.1) is 0 Å². The summed E-state index contributed by atoms with van der Waals surface area (Å²) in [5.41, 5.74) is 0.828. The topological polar surface area (TPSA) is 34.1 Å². The fourth-order valence-corrected chi connectivity index (χ4v) is 2.22. The first-order chi connectivity index (χ1) is 9.40. The quantitative estimate of drug-likeness (QED) is 0.842.